The Morgan fingerprint density at radius 3 is 1.75 bits per heavy atom. The van der Waals surface area contributed by atoms with Gasteiger partial charge >= 0.3 is 0 Å². The second kappa shape index (κ2) is 9.53. The van der Waals surface area contributed by atoms with Gasteiger partial charge in [-0.3, -0.25) is 3.77 Å². The molecule has 0 atom stereocenters. The van der Waals surface area contributed by atoms with Gasteiger partial charge in [0.2, 0.25) is 0 Å². The Labute approximate surface area is 42.9 Å². The molecule has 4 heteroatoms. The van der Waals surface area contributed by atoms with Gasteiger partial charge in [-0.05, 0) is 0 Å². The van der Waals surface area contributed by atoms with Crippen LogP contribution in [0.2, 0.25) is 0 Å². The zero-order valence-electron chi connectivity index (χ0n) is 1.82. The first-order valence-electron chi connectivity index (χ1n) is 0.408. The number of rotatable bonds is 0. The average Bonchev–Trinajstić information content (AvgIpc) is 0.918. The highest BCUT2D eigenvalue weighted by atomic mass is 32.2. The van der Waals surface area contributed by atoms with Crippen molar-refractivity contribution in [2.45, 2.75) is 0 Å². The van der Waals surface area contributed by atoms with E-state index in [0.717, 1.165) is 0 Å². The summed E-state index contributed by atoms with van der Waals surface area (Å²) in [4.78, 5) is 0. The standard InChI is InChI=1S/HNS2.H2S/c2-1-3;/h1H;1H2. The Morgan fingerprint density at radius 2 is 1.75 bits per heavy atom. The Bertz CT molecular complexity index is 10.8. The van der Waals surface area contributed by atoms with Gasteiger partial charge in [-0.2, -0.15) is 13.5 Å². The largest absolute Gasteiger partial charge is 0.274 e. The van der Waals surface area contributed by atoms with Crippen LogP contribution in [-0.2, 0) is 25.2 Å². The minimum atomic E-state index is 0. The molecule has 0 saturated heterocycles. The van der Waals surface area contributed by atoms with E-state index in [1.54, 1.807) is 0 Å². The van der Waals surface area contributed by atoms with Crippen LogP contribution in [0.25, 0.3) is 0 Å². The Kier molecular flexibility index (Phi) is 21.0. The summed E-state index contributed by atoms with van der Waals surface area (Å²) in [7, 11) is 0. The molecule has 0 spiro atoms. The third-order valence-electron chi connectivity index (χ3n) is 0. The molecule has 0 aromatic carbocycles. The predicted octanol–water partition coefficient (Wildman–Crippen LogP) is -1.63. The van der Waals surface area contributed by atoms with Gasteiger partial charge in [0.15, 0.2) is 0 Å². The van der Waals surface area contributed by atoms with Gasteiger partial charge in [-0.1, -0.05) is 25.2 Å². The van der Waals surface area contributed by atoms with Crippen LogP contribution in [0.1, 0.15) is 0 Å². The smallest absolute Gasteiger partial charge is 0.0834 e. The minimum absolute atomic E-state index is 0. The molecular weight excluding hydrogens is 110 g/mol. The fourth-order valence-corrected chi connectivity index (χ4v) is 0. The van der Waals surface area contributed by atoms with Crippen molar-refractivity contribution < 1.29 is 3.77 Å². The van der Waals surface area contributed by atoms with E-state index in [1.165, 1.54) is 0 Å². The SMILES string of the molecule is S.S=[NH+][S-]. The van der Waals surface area contributed by atoms with Gasteiger partial charge in [0, 0.05) is 0 Å². The van der Waals surface area contributed by atoms with Crippen LogP contribution >= 0.6 is 13.5 Å². The first-order chi connectivity index (χ1) is 1.41. The summed E-state index contributed by atoms with van der Waals surface area (Å²) in [6, 6.07) is 0. The van der Waals surface area contributed by atoms with E-state index >= 15 is 0 Å². The molecule has 0 aromatic heterocycles. The zero-order valence-corrected chi connectivity index (χ0v) is 4.45. The maximum absolute atomic E-state index is 3.96. The maximum Gasteiger partial charge on any atom is -0.0834 e. The average molecular weight is 113 g/mol. The van der Waals surface area contributed by atoms with Gasteiger partial charge in [0.25, 0.3) is 0 Å². The fourth-order valence-electron chi connectivity index (χ4n) is 0. The van der Waals surface area contributed by atoms with Crippen molar-refractivity contribution in [3.05, 3.63) is 0 Å². The molecule has 1 nitrogen and oxygen atoms in total. The molecule has 0 aliphatic rings. The predicted molar refractivity (Wildman–Crippen MR) is 26.1 cm³/mol. The summed E-state index contributed by atoms with van der Waals surface area (Å²) in [6.45, 7) is 0. The van der Waals surface area contributed by atoms with Crippen LogP contribution in [0.15, 0.2) is 0 Å². The van der Waals surface area contributed by atoms with E-state index in [1.807, 2.05) is 3.77 Å². The van der Waals surface area contributed by atoms with Crippen LogP contribution in [0.4, 0.5) is 0 Å². The van der Waals surface area contributed by atoms with Crippen LogP contribution < -0.4 is 3.77 Å². The van der Waals surface area contributed by atoms with E-state index in [2.05, 4.69) is 25.2 Å². The monoisotopic (exact) mass is 113 g/mol. The Balaban J connectivity index is 0. The van der Waals surface area contributed by atoms with E-state index in [9.17, 15) is 0 Å². The van der Waals surface area contributed by atoms with Gasteiger partial charge in [-0.25, -0.2) is 0 Å². The maximum atomic E-state index is 3.96. The van der Waals surface area contributed by atoms with Gasteiger partial charge in [-0.15, -0.1) is 0 Å². The first kappa shape index (κ1) is 8.82. The summed E-state index contributed by atoms with van der Waals surface area (Å²) in [5, 5.41) is 0. The van der Waals surface area contributed by atoms with E-state index in [4.69, 9.17) is 0 Å². The molecule has 0 bridgehead atoms. The molecule has 0 aliphatic heterocycles. The molecule has 0 rings (SSSR count). The molecule has 0 fully saturated rings. The molecule has 4 heavy (non-hydrogen) atoms. The lowest BCUT2D eigenvalue weighted by atomic mass is 13.9. The van der Waals surface area contributed by atoms with Gasteiger partial charge in [0.1, 0.15) is 0 Å². The van der Waals surface area contributed by atoms with Crippen molar-refractivity contribution in [1.29, 1.82) is 0 Å². The highest BCUT2D eigenvalue weighted by Crippen LogP contribution is 0.648. The number of hydrogen-bond donors (Lipinski definition) is 1. The van der Waals surface area contributed by atoms with Crippen LogP contribution in [0.3, 0.4) is 0 Å². The van der Waals surface area contributed by atoms with Crippen molar-refractivity contribution >= 4 is 38.7 Å². The summed E-state index contributed by atoms with van der Waals surface area (Å²) in [5.74, 6) is 0. The van der Waals surface area contributed by atoms with Crippen molar-refractivity contribution in [3.8, 4) is 0 Å². The lowest BCUT2D eigenvalue weighted by Gasteiger charge is -1.41. The molecule has 1 N–H and O–H groups in total. The van der Waals surface area contributed by atoms with Crippen molar-refractivity contribution in [3.63, 3.8) is 0 Å². The Hall–Kier alpha value is 0.590. The summed E-state index contributed by atoms with van der Waals surface area (Å²) >= 11 is 7.92. The summed E-state index contributed by atoms with van der Waals surface area (Å²) in [5.41, 5.74) is 0. The molecule has 0 radical (unpaired) electrons. The second-order valence-corrected chi connectivity index (χ2v) is 0.750. The summed E-state index contributed by atoms with van der Waals surface area (Å²) < 4.78 is 1.92. The molecule has 0 amide bonds. The normalized spacial score (nSPS) is 3.00. The third kappa shape index (κ3) is 18.8. The number of hydrogen-bond acceptors (Lipinski definition) is 2. The third-order valence-corrected chi connectivity index (χ3v) is 0. The number of nitrogens with one attached hydrogen (secondary N) is 1. The van der Waals surface area contributed by atoms with Crippen molar-refractivity contribution in [2.24, 2.45) is 0 Å². The first-order valence-corrected chi connectivity index (χ1v) is 1.22. The Morgan fingerprint density at radius 1 is 1.75 bits per heavy atom. The minimum Gasteiger partial charge on any atom is -0.274 e. The highest BCUT2D eigenvalue weighted by Gasteiger charge is 1.05. The van der Waals surface area contributed by atoms with E-state index in [-0.39, 0.29) is 13.5 Å². The molecule has 0 heterocycles. The van der Waals surface area contributed by atoms with E-state index in [0.29, 0.717) is 0 Å². The molecule has 26 valence electrons. The van der Waals surface area contributed by atoms with E-state index < -0.39 is 0 Å². The van der Waals surface area contributed by atoms with Crippen LogP contribution in [0, 0.1) is 0 Å². The quantitative estimate of drug-likeness (QED) is 0.379. The van der Waals surface area contributed by atoms with Crippen molar-refractivity contribution in [2.75, 3.05) is 0 Å². The van der Waals surface area contributed by atoms with Crippen LogP contribution in [-0.4, -0.2) is 0 Å². The van der Waals surface area contributed by atoms with Crippen LogP contribution in [0.5, 0.6) is 0 Å². The molecule has 0 aliphatic carbocycles. The second-order valence-electron chi connectivity index (χ2n) is 0.0833. The molecule has 0 unspecified atom stereocenters. The lowest BCUT2D eigenvalue weighted by molar-refractivity contribution is -0.198. The molecular formula is H3NS3. The van der Waals surface area contributed by atoms with Gasteiger partial charge in [0.05, 0.1) is 0 Å². The summed E-state index contributed by atoms with van der Waals surface area (Å²) in [6.07, 6.45) is 0. The van der Waals surface area contributed by atoms with Crippen molar-refractivity contribution in [1.82, 2.24) is 0 Å². The fraction of sp³-hybridized carbons (Fsp3) is 0. The highest BCUT2D eigenvalue weighted by molar-refractivity contribution is 7.59. The van der Waals surface area contributed by atoms with Gasteiger partial charge < -0.3 is 0 Å². The zero-order chi connectivity index (χ0) is 2.71. The lowest BCUT2D eigenvalue weighted by Crippen LogP contribution is -2.54. The molecule has 0 saturated carbocycles. The topological polar surface area (TPSA) is 14.0 Å². The molecule has 0 aromatic rings.